The molecule has 2 aliphatic heterocycles. The predicted molar refractivity (Wildman–Crippen MR) is 107 cm³/mol. The maximum Gasteiger partial charge on any atom is 0.228 e. The minimum atomic E-state index is -0.583. The van der Waals surface area contributed by atoms with Crippen molar-refractivity contribution in [2.45, 2.75) is 90.4 Å². The smallest absolute Gasteiger partial charge is 0.228 e. The number of likely N-dealkylation sites (tertiary alicyclic amines) is 1. The van der Waals surface area contributed by atoms with E-state index in [9.17, 15) is 9.90 Å². The first-order valence-corrected chi connectivity index (χ1v) is 11.0. The van der Waals surface area contributed by atoms with E-state index in [-0.39, 0.29) is 16.9 Å². The number of aliphatic hydroxyl groups is 1. The number of carbonyl (C=O) groups is 1. The second kappa shape index (κ2) is 7.05. The second-order valence-electron chi connectivity index (χ2n) is 9.97. The molecule has 2 fully saturated rings. The summed E-state index contributed by atoms with van der Waals surface area (Å²) in [6.45, 7) is 9.66. The van der Waals surface area contributed by atoms with Gasteiger partial charge in [0, 0.05) is 37.8 Å². The summed E-state index contributed by atoms with van der Waals surface area (Å²) >= 11 is 0. The zero-order chi connectivity index (χ0) is 20.1. The maximum atomic E-state index is 13.0. The SMILES string of the molecule is CC(C)C(C)(C)C(=O)N1CCC2(CC1)CC(O)c1nn(C3CCCC3)cc1O2. The molecular weight excluding hydrogens is 354 g/mol. The molecule has 1 aliphatic carbocycles. The Morgan fingerprint density at radius 2 is 1.93 bits per heavy atom. The van der Waals surface area contributed by atoms with Crippen LogP contribution in [0.3, 0.4) is 0 Å². The molecule has 3 heterocycles. The summed E-state index contributed by atoms with van der Waals surface area (Å²) in [5, 5.41) is 15.4. The van der Waals surface area contributed by atoms with Gasteiger partial charge in [0.15, 0.2) is 5.75 Å². The normalized spacial score (nSPS) is 25.2. The summed E-state index contributed by atoms with van der Waals surface area (Å²) in [7, 11) is 0. The average Bonchev–Trinajstić information content (AvgIpc) is 3.31. The van der Waals surface area contributed by atoms with Crippen LogP contribution in [0.25, 0.3) is 0 Å². The Hall–Kier alpha value is -1.56. The molecule has 1 spiro atoms. The minimum absolute atomic E-state index is 0.225. The molecule has 1 amide bonds. The van der Waals surface area contributed by atoms with Gasteiger partial charge in [0.1, 0.15) is 17.4 Å². The third kappa shape index (κ3) is 3.34. The van der Waals surface area contributed by atoms with Gasteiger partial charge >= 0.3 is 0 Å². The molecule has 0 radical (unpaired) electrons. The first kappa shape index (κ1) is 19.7. The van der Waals surface area contributed by atoms with Crippen molar-refractivity contribution >= 4 is 5.91 Å². The van der Waals surface area contributed by atoms with Gasteiger partial charge in [0.05, 0.1) is 12.2 Å². The minimum Gasteiger partial charge on any atom is -0.483 e. The number of rotatable bonds is 3. The number of hydrogen-bond donors (Lipinski definition) is 1. The van der Waals surface area contributed by atoms with Gasteiger partial charge in [-0.15, -0.1) is 0 Å². The lowest BCUT2D eigenvalue weighted by Crippen LogP contribution is -2.54. The number of fused-ring (bicyclic) bond motifs is 1. The number of ether oxygens (including phenoxy) is 1. The van der Waals surface area contributed by atoms with E-state index in [1.54, 1.807) is 0 Å². The van der Waals surface area contributed by atoms with Crippen LogP contribution >= 0.6 is 0 Å². The monoisotopic (exact) mass is 389 g/mol. The van der Waals surface area contributed by atoms with E-state index in [0.717, 1.165) is 31.4 Å². The number of hydrogen-bond acceptors (Lipinski definition) is 4. The van der Waals surface area contributed by atoms with Gasteiger partial charge in [0.25, 0.3) is 0 Å². The van der Waals surface area contributed by atoms with Gasteiger partial charge in [-0.3, -0.25) is 9.48 Å². The quantitative estimate of drug-likeness (QED) is 0.852. The molecule has 1 saturated carbocycles. The van der Waals surface area contributed by atoms with Gasteiger partial charge in [-0.05, 0) is 18.8 Å². The molecule has 0 aromatic carbocycles. The highest BCUT2D eigenvalue weighted by Crippen LogP contribution is 2.45. The summed E-state index contributed by atoms with van der Waals surface area (Å²) in [6.07, 6.45) is 8.32. The van der Waals surface area contributed by atoms with E-state index in [1.807, 2.05) is 29.6 Å². The van der Waals surface area contributed by atoms with Crippen molar-refractivity contribution in [3.8, 4) is 5.75 Å². The van der Waals surface area contributed by atoms with Crippen LogP contribution in [0, 0.1) is 11.3 Å². The molecule has 0 bridgehead atoms. The van der Waals surface area contributed by atoms with Gasteiger partial charge < -0.3 is 14.7 Å². The van der Waals surface area contributed by atoms with Crippen molar-refractivity contribution in [2.24, 2.45) is 11.3 Å². The Bertz CT molecular complexity index is 725. The van der Waals surface area contributed by atoms with E-state index in [1.165, 1.54) is 12.8 Å². The van der Waals surface area contributed by atoms with E-state index in [4.69, 9.17) is 4.74 Å². The fraction of sp³-hybridized carbons (Fsp3) is 0.818. The van der Waals surface area contributed by atoms with Crippen LogP contribution in [-0.4, -0.2) is 44.4 Å². The lowest BCUT2D eigenvalue weighted by atomic mass is 9.78. The van der Waals surface area contributed by atoms with Gasteiger partial charge in [0.2, 0.25) is 5.91 Å². The number of amides is 1. The van der Waals surface area contributed by atoms with Crippen LogP contribution in [0.2, 0.25) is 0 Å². The van der Waals surface area contributed by atoms with Crippen molar-refractivity contribution < 1.29 is 14.6 Å². The van der Waals surface area contributed by atoms with Crippen molar-refractivity contribution in [1.29, 1.82) is 0 Å². The van der Waals surface area contributed by atoms with E-state index in [2.05, 4.69) is 18.9 Å². The summed E-state index contributed by atoms with van der Waals surface area (Å²) in [4.78, 5) is 15.0. The summed E-state index contributed by atoms with van der Waals surface area (Å²) in [5.74, 6) is 1.27. The third-order valence-corrected chi connectivity index (χ3v) is 7.59. The molecule has 28 heavy (non-hydrogen) atoms. The number of aromatic nitrogens is 2. The Kier molecular flexibility index (Phi) is 4.97. The molecule has 6 nitrogen and oxygen atoms in total. The highest BCUT2D eigenvalue weighted by molar-refractivity contribution is 5.82. The molecule has 1 atom stereocenters. The number of nitrogens with zero attached hydrogens (tertiary/aromatic N) is 3. The molecule has 1 unspecified atom stereocenters. The molecule has 1 aromatic rings. The fourth-order valence-corrected chi connectivity index (χ4v) is 4.86. The lowest BCUT2D eigenvalue weighted by Gasteiger charge is -2.46. The third-order valence-electron chi connectivity index (χ3n) is 7.59. The van der Waals surface area contributed by atoms with E-state index >= 15 is 0 Å². The van der Waals surface area contributed by atoms with Crippen LogP contribution in [0.4, 0.5) is 0 Å². The molecular formula is C22H35N3O3. The van der Waals surface area contributed by atoms with Crippen LogP contribution in [0.1, 0.15) is 90.5 Å². The highest BCUT2D eigenvalue weighted by atomic mass is 16.5. The van der Waals surface area contributed by atoms with Crippen molar-refractivity contribution in [1.82, 2.24) is 14.7 Å². The second-order valence-corrected chi connectivity index (χ2v) is 9.97. The molecule has 1 N–H and O–H groups in total. The Balaban J connectivity index is 1.46. The number of carbonyl (C=O) groups excluding carboxylic acids is 1. The van der Waals surface area contributed by atoms with Crippen LogP contribution in [0.5, 0.6) is 5.75 Å². The van der Waals surface area contributed by atoms with Crippen LogP contribution in [-0.2, 0) is 4.79 Å². The summed E-state index contributed by atoms with van der Waals surface area (Å²) < 4.78 is 8.47. The molecule has 1 saturated heterocycles. The summed E-state index contributed by atoms with van der Waals surface area (Å²) in [6, 6.07) is 0.440. The zero-order valence-corrected chi connectivity index (χ0v) is 17.8. The van der Waals surface area contributed by atoms with Crippen LogP contribution < -0.4 is 4.74 Å². The number of aliphatic hydroxyl groups excluding tert-OH is 1. The number of piperidine rings is 1. The molecule has 4 rings (SSSR count). The fourth-order valence-electron chi connectivity index (χ4n) is 4.86. The lowest BCUT2D eigenvalue weighted by molar-refractivity contribution is -0.147. The van der Waals surface area contributed by atoms with Crippen molar-refractivity contribution in [2.75, 3.05) is 13.1 Å². The Morgan fingerprint density at radius 3 is 2.54 bits per heavy atom. The topological polar surface area (TPSA) is 67.6 Å². The molecule has 156 valence electrons. The summed E-state index contributed by atoms with van der Waals surface area (Å²) in [5.41, 5.74) is -0.0427. The Labute approximate surface area is 168 Å². The van der Waals surface area contributed by atoms with Crippen molar-refractivity contribution in [3.63, 3.8) is 0 Å². The largest absolute Gasteiger partial charge is 0.483 e. The van der Waals surface area contributed by atoms with Crippen LogP contribution in [0.15, 0.2) is 6.20 Å². The van der Waals surface area contributed by atoms with Gasteiger partial charge in [-0.1, -0.05) is 40.5 Å². The maximum absolute atomic E-state index is 13.0. The predicted octanol–water partition coefficient (Wildman–Crippen LogP) is 3.86. The van der Waals surface area contributed by atoms with E-state index < -0.39 is 6.10 Å². The average molecular weight is 390 g/mol. The van der Waals surface area contributed by atoms with Crippen molar-refractivity contribution in [3.05, 3.63) is 11.9 Å². The van der Waals surface area contributed by atoms with E-state index in [0.29, 0.717) is 37.2 Å². The first-order chi connectivity index (χ1) is 13.2. The molecule has 6 heteroatoms. The molecule has 3 aliphatic rings. The standard InChI is InChI=1S/C22H35N3O3/c1-15(2)21(3,4)20(27)24-11-9-22(10-12-24)13-17(26)19-18(28-22)14-25(23-19)16-7-5-6-8-16/h14-17,26H,5-13H2,1-4H3. The molecule has 1 aromatic heterocycles. The first-order valence-electron chi connectivity index (χ1n) is 11.0. The Morgan fingerprint density at radius 1 is 1.29 bits per heavy atom. The zero-order valence-electron chi connectivity index (χ0n) is 17.8. The van der Waals surface area contributed by atoms with Gasteiger partial charge in [-0.25, -0.2) is 0 Å². The highest BCUT2D eigenvalue weighted by Gasteiger charge is 2.46. The van der Waals surface area contributed by atoms with Gasteiger partial charge in [-0.2, -0.15) is 5.10 Å².